The molecule has 0 saturated carbocycles. The molecule has 2 amide bonds. The minimum absolute atomic E-state index is 0.227. The van der Waals surface area contributed by atoms with Crippen LogP contribution in [0.15, 0.2) is 83.5 Å². The quantitative estimate of drug-likeness (QED) is 0.373. The van der Waals surface area contributed by atoms with E-state index in [0.717, 1.165) is 16.3 Å². The minimum Gasteiger partial charge on any atom is -0.363 e. The van der Waals surface area contributed by atoms with Crippen LogP contribution in [0.3, 0.4) is 0 Å². The van der Waals surface area contributed by atoms with Crippen molar-refractivity contribution in [1.29, 1.82) is 0 Å². The summed E-state index contributed by atoms with van der Waals surface area (Å²) in [6.07, 6.45) is 4.89. The number of benzene rings is 1. The first kappa shape index (κ1) is 24.2. The number of pyridine rings is 2. The van der Waals surface area contributed by atoms with Crippen molar-refractivity contribution in [3.8, 4) is 10.4 Å². The molecule has 3 heterocycles. The predicted molar refractivity (Wildman–Crippen MR) is 141 cm³/mol. The average Bonchev–Trinajstić information content (AvgIpc) is 3.36. The van der Waals surface area contributed by atoms with Crippen molar-refractivity contribution in [3.63, 3.8) is 0 Å². The van der Waals surface area contributed by atoms with Gasteiger partial charge >= 0.3 is 6.03 Å². The number of nitrogens with one attached hydrogen (secondary N) is 2. The SMILES string of the molecule is CN(C)c1ccc(-c2ccc(S(=O)(=O)N(C)c3ccc(NC(=O)Nc4ccncc4)cc3)s2)cn1. The van der Waals surface area contributed by atoms with Gasteiger partial charge in [-0.25, -0.2) is 18.2 Å². The predicted octanol–water partition coefficient (Wildman–Crippen LogP) is 4.74. The number of carbonyl (C=O) groups is 1. The van der Waals surface area contributed by atoms with Gasteiger partial charge in [-0.2, -0.15) is 0 Å². The van der Waals surface area contributed by atoms with E-state index in [9.17, 15) is 13.2 Å². The van der Waals surface area contributed by atoms with Crippen LogP contribution in [0.2, 0.25) is 0 Å². The number of carbonyl (C=O) groups excluding carboxylic acids is 1. The minimum atomic E-state index is -3.76. The number of nitrogens with zero attached hydrogens (tertiary/aromatic N) is 4. The Kier molecular flexibility index (Phi) is 6.99. The van der Waals surface area contributed by atoms with Crippen LogP contribution in [0.25, 0.3) is 10.4 Å². The third kappa shape index (κ3) is 5.58. The standard InChI is InChI=1S/C24H24N6O3S2/c1-29(2)22-10-4-17(16-26-22)21-9-11-23(34-21)35(32,33)30(3)20-7-5-18(6-8-20)27-24(31)28-19-12-14-25-15-13-19/h4-16H,1-3H3,(H2,25,27,28,31). The highest BCUT2D eigenvalue weighted by Gasteiger charge is 2.24. The van der Waals surface area contributed by atoms with Crippen LogP contribution in [0, 0.1) is 0 Å². The molecule has 0 atom stereocenters. The number of hydrogen-bond acceptors (Lipinski definition) is 7. The van der Waals surface area contributed by atoms with E-state index < -0.39 is 16.1 Å². The molecule has 180 valence electrons. The summed E-state index contributed by atoms with van der Waals surface area (Å²) in [6.45, 7) is 0. The van der Waals surface area contributed by atoms with Crippen molar-refractivity contribution < 1.29 is 13.2 Å². The number of amides is 2. The number of hydrogen-bond donors (Lipinski definition) is 2. The normalized spacial score (nSPS) is 11.1. The average molecular weight is 509 g/mol. The lowest BCUT2D eigenvalue weighted by atomic mass is 10.2. The molecule has 1 aromatic carbocycles. The van der Waals surface area contributed by atoms with Crippen molar-refractivity contribution >= 4 is 50.3 Å². The van der Waals surface area contributed by atoms with Crippen LogP contribution >= 0.6 is 11.3 Å². The fourth-order valence-corrected chi connectivity index (χ4v) is 5.83. The Morgan fingerprint density at radius 1 is 0.857 bits per heavy atom. The molecule has 0 aliphatic heterocycles. The number of thiophene rings is 1. The van der Waals surface area contributed by atoms with Crippen LogP contribution in [0.4, 0.5) is 27.7 Å². The molecule has 0 aliphatic rings. The van der Waals surface area contributed by atoms with E-state index in [0.29, 0.717) is 17.1 Å². The molecule has 0 fully saturated rings. The largest absolute Gasteiger partial charge is 0.363 e. The molecule has 4 aromatic rings. The molecule has 0 bridgehead atoms. The smallest absolute Gasteiger partial charge is 0.323 e. The third-order valence-electron chi connectivity index (χ3n) is 5.11. The second-order valence-corrected chi connectivity index (χ2v) is 11.0. The van der Waals surface area contributed by atoms with Gasteiger partial charge in [-0.1, -0.05) is 0 Å². The molecule has 0 saturated heterocycles. The van der Waals surface area contributed by atoms with Gasteiger partial charge in [-0.15, -0.1) is 11.3 Å². The molecule has 0 unspecified atom stereocenters. The highest BCUT2D eigenvalue weighted by Crippen LogP contribution is 2.33. The van der Waals surface area contributed by atoms with E-state index in [-0.39, 0.29) is 4.21 Å². The highest BCUT2D eigenvalue weighted by molar-refractivity contribution is 7.94. The first-order valence-corrected chi connectivity index (χ1v) is 12.8. The Morgan fingerprint density at radius 3 is 2.11 bits per heavy atom. The fourth-order valence-electron chi connectivity index (χ4n) is 3.17. The first-order chi connectivity index (χ1) is 16.7. The molecule has 0 spiro atoms. The van der Waals surface area contributed by atoms with Gasteiger partial charge in [0.15, 0.2) is 0 Å². The summed E-state index contributed by atoms with van der Waals surface area (Å²) in [5.74, 6) is 0.825. The second kappa shape index (κ2) is 10.1. The van der Waals surface area contributed by atoms with Crippen molar-refractivity contribution in [2.75, 3.05) is 41.0 Å². The molecule has 0 aliphatic carbocycles. The molecule has 0 radical (unpaired) electrons. The van der Waals surface area contributed by atoms with E-state index >= 15 is 0 Å². The molecule has 2 N–H and O–H groups in total. The maximum Gasteiger partial charge on any atom is 0.323 e. The van der Waals surface area contributed by atoms with E-state index in [1.807, 2.05) is 31.1 Å². The van der Waals surface area contributed by atoms with Crippen LogP contribution in [-0.2, 0) is 10.0 Å². The van der Waals surface area contributed by atoms with Crippen molar-refractivity contribution in [3.05, 3.63) is 79.3 Å². The summed E-state index contributed by atoms with van der Waals surface area (Å²) in [4.78, 5) is 23.2. The van der Waals surface area contributed by atoms with Crippen LogP contribution in [-0.4, -0.2) is 45.6 Å². The molecule has 35 heavy (non-hydrogen) atoms. The zero-order valence-corrected chi connectivity index (χ0v) is 21.0. The number of anilines is 4. The number of rotatable bonds is 7. The zero-order valence-electron chi connectivity index (χ0n) is 19.3. The van der Waals surface area contributed by atoms with Gasteiger partial charge in [0.2, 0.25) is 0 Å². The highest BCUT2D eigenvalue weighted by atomic mass is 32.2. The van der Waals surface area contributed by atoms with Gasteiger partial charge in [0.1, 0.15) is 10.0 Å². The molecular formula is C24H24N6O3S2. The Hall–Kier alpha value is -3.96. The zero-order chi connectivity index (χ0) is 25.0. The second-order valence-electron chi connectivity index (χ2n) is 7.75. The number of aromatic nitrogens is 2. The van der Waals surface area contributed by atoms with Crippen LogP contribution in [0.5, 0.6) is 0 Å². The van der Waals surface area contributed by atoms with Gasteiger partial charge in [0.05, 0.1) is 5.69 Å². The summed E-state index contributed by atoms with van der Waals surface area (Å²) in [6, 6.07) is 16.7. The van der Waals surface area contributed by atoms with Gasteiger partial charge in [0, 0.05) is 61.5 Å². The monoisotopic (exact) mass is 508 g/mol. The molecule has 11 heteroatoms. The Labute approximate surface area is 208 Å². The topological polar surface area (TPSA) is 108 Å². The van der Waals surface area contributed by atoms with E-state index in [4.69, 9.17) is 0 Å². The number of urea groups is 1. The van der Waals surface area contributed by atoms with Crippen LogP contribution < -0.4 is 19.8 Å². The van der Waals surface area contributed by atoms with Crippen LogP contribution in [0.1, 0.15) is 0 Å². The summed E-state index contributed by atoms with van der Waals surface area (Å²) in [5, 5.41) is 5.41. The number of sulfonamides is 1. The van der Waals surface area contributed by atoms with Crippen molar-refractivity contribution in [2.45, 2.75) is 4.21 Å². The maximum atomic E-state index is 13.2. The van der Waals surface area contributed by atoms with Gasteiger partial charge in [-0.3, -0.25) is 9.29 Å². The van der Waals surface area contributed by atoms with E-state index in [1.54, 1.807) is 67.1 Å². The van der Waals surface area contributed by atoms with E-state index in [2.05, 4.69) is 20.6 Å². The Balaban J connectivity index is 1.45. The summed E-state index contributed by atoms with van der Waals surface area (Å²) in [5.41, 5.74) is 2.46. The maximum absolute atomic E-state index is 13.2. The molecule has 4 rings (SSSR count). The molecule has 3 aromatic heterocycles. The van der Waals surface area contributed by atoms with Gasteiger partial charge in [-0.05, 0) is 60.7 Å². The van der Waals surface area contributed by atoms with Gasteiger partial charge < -0.3 is 15.5 Å². The third-order valence-corrected chi connectivity index (χ3v) is 8.50. The fraction of sp³-hybridized carbons (Fsp3) is 0.125. The molecule has 9 nitrogen and oxygen atoms in total. The lowest BCUT2D eigenvalue weighted by Crippen LogP contribution is -2.25. The Morgan fingerprint density at radius 2 is 1.51 bits per heavy atom. The lowest BCUT2D eigenvalue weighted by molar-refractivity contribution is 0.262. The van der Waals surface area contributed by atoms with Crippen molar-refractivity contribution in [2.24, 2.45) is 0 Å². The van der Waals surface area contributed by atoms with Gasteiger partial charge in [0.25, 0.3) is 10.0 Å². The summed E-state index contributed by atoms with van der Waals surface area (Å²) < 4.78 is 27.9. The summed E-state index contributed by atoms with van der Waals surface area (Å²) in [7, 11) is 1.56. The van der Waals surface area contributed by atoms with Crippen molar-refractivity contribution in [1.82, 2.24) is 9.97 Å². The molecular weight excluding hydrogens is 484 g/mol. The lowest BCUT2D eigenvalue weighted by Gasteiger charge is -2.19. The first-order valence-electron chi connectivity index (χ1n) is 10.5. The van der Waals surface area contributed by atoms with E-state index in [1.165, 1.54) is 22.7 Å². The Bertz CT molecular complexity index is 1400. The summed E-state index contributed by atoms with van der Waals surface area (Å²) >= 11 is 1.19.